The van der Waals surface area contributed by atoms with Gasteiger partial charge in [-0.1, -0.05) is 38.1 Å². The lowest BCUT2D eigenvalue weighted by Gasteiger charge is -2.13. The first-order valence-corrected chi connectivity index (χ1v) is 8.35. The molecule has 0 heterocycles. The van der Waals surface area contributed by atoms with Gasteiger partial charge in [0.1, 0.15) is 5.75 Å². The van der Waals surface area contributed by atoms with E-state index >= 15 is 0 Å². The zero-order valence-electron chi connectivity index (χ0n) is 14.6. The van der Waals surface area contributed by atoms with Gasteiger partial charge in [-0.15, -0.1) is 0 Å². The Hall–Kier alpha value is -2.33. The van der Waals surface area contributed by atoms with Crippen LogP contribution in [0.5, 0.6) is 5.75 Å². The van der Waals surface area contributed by atoms with Crippen molar-refractivity contribution in [1.82, 2.24) is 5.32 Å². The molecule has 4 nitrogen and oxygen atoms in total. The van der Waals surface area contributed by atoms with Crippen LogP contribution < -0.4 is 15.4 Å². The molecular weight excluding hydrogens is 300 g/mol. The van der Waals surface area contributed by atoms with Crippen LogP contribution in [0.3, 0.4) is 0 Å². The molecule has 24 heavy (non-hydrogen) atoms. The van der Waals surface area contributed by atoms with Crippen LogP contribution in [-0.2, 0) is 11.3 Å². The minimum absolute atomic E-state index is 0.0194. The van der Waals surface area contributed by atoms with Gasteiger partial charge in [0.15, 0.2) is 0 Å². The molecule has 4 heteroatoms. The topological polar surface area (TPSA) is 50.4 Å². The Morgan fingerprint density at radius 1 is 1.17 bits per heavy atom. The van der Waals surface area contributed by atoms with Crippen LogP contribution in [0.1, 0.15) is 37.3 Å². The molecule has 2 N–H and O–H groups in total. The van der Waals surface area contributed by atoms with Gasteiger partial charge in [-0.3, -0.25) is 4.79 Å². The molecule has 0 aliphatic carbocycles. The predicted molar refractivity (Wildman–Crippen MR) is 98.5 cm³/mol. The molecule has 2 rings (SSSR count). The lowest BCUT2D eigenvalue weighted by Crippen LogP contribution is -2.15. The molecule has 0 spiro atoms. The van der Waals surface area contributed by atoms with Crippen molar-refractivity contribution in [2.75, 3.05) is 19.0 Å². The normalized spacial score (nSPS) is 11.8. The first-order chi connectivity index (χ1) is 11.6. The molecule has 0 fully saturated rings. The Balaban J connectivity index is 1.94. The van der Waals surface area contributed by atoms with Gasteiger partial charge >= 0.3 is 0 Å². The van der Waals surface area contributed by atoms with Crippen molar-refractivity contribution in [2.45, 2.75) is 32.7 Å². The maximum Gasteiger partial charge on any atom is 0.224 e. The molecule has 1 unspecified atom stereocenters. The van der Waals surface area contributed by atoms with E-state index in [1.807, 2.05) is 42.5 Å². The van der Waals surface area contributed by atoms with E-state index in [9.17, 15) is 4.79 Å². The molecule has 0 saturated heterocycles. The molecule has 0 aromatic heterocycles. The lowest BCUT2D eigenvalue weighted by molar-refractivity contribution is -0.116. The van der Waals surface area contributed by atoms with Gasteiger partial charge in [0.05, 0.1) is 7.11 Å². The Morgan fingerprint density at radius 2 is 1.96 bits per heavy atom. The van der Waals surface area contributed by atoms with E-state index in [1.54, 1.807) is 7.11 Å². The van der Waals surface area contributed by atoms with Gasteiger partial charge in [-0.2, -0.15) is 0 Å². The molecule has 2 aromatic rings. The van der Waals surface area contributed by atoms with E-state index in [0.29, 0.717) is 6.42 Å². The molecule has 0 aliphatic rings. The fourth-order valence-corrected chi connectivity index (χ4v) is 2.58. The quantitative estimate of drug-likeness (QED) is 0.772. The number of carbonyl (C=O) groups is 1. The molecule has 2 aromatic carbocycles. The standard InChI is InChI=1S/C20H26N2O2/c1-4-21-14-16-7-5-9-18(12-16)22-20(23)11-15(2)17-8-6-10-19(13-17)24-3/h5-10,12-13,15,21H,4,11,14H2,1-3H3,(H,22,23). The SMILES string of the molecule is CCNCc1cccc(NC(=O)CC(C)c2cccc(OC)c2)c1. The average Bonchev–Trinajstić information content (AvgIpc) is 2.60. The molecular formula is C20H26N2O2. The summed E-state index contributed by atoms with van der Waals surface area (Å²) in [5, 5.41) is 6.28. The average molecular weight is 326 g/mol. The summed E-state index contributed by atoms with van der Waals surface area (Å²) in [6.07, 6.45) is 0.435. The van der Waals surface area contributed by atoms with Gasteiger partial charge in [0, 0.05) is 18.7 Å². The molecule has 0 aliphatic heterocycles. The second-order valence-corrected chi connectivity index (χ2v) is 5.91. The molecule has 1 amide bonds. The van der Waals surface area contributed by atoms with Crippen molar-refractivity contribution in [3.05, 3.63) is 59.7 Å². The number of hydrogen-bond donors (Lipinski definition) is 2. The summed E-state index contributed by atoms with van der Waals surface area (Å²) in [6, 6.07) is 15.8. The monoisotopic (exact) mass is 326 g/mol. The van der Waals surface area contributed by atoms with E-state index in [-0.39, 0.29) is 11.8 Å². The highest BCUT2D eigenvalue weighted by Crippen LogP contribution is 2.23. The van der Waals surface area contributed by atoms with E-state index in [2.05, 4.69) is 30.5 Å². The number of amides is 1. The summed E-state index contributed by atoms with van der Waals surface area (Å²) in [4.78, 5) is 12.3. The number of benzene rings is 2. The molecule has 128 valence electrons. The third-order valence-electron chi connectivity index (χ3n) is 3.94. The van der Waals surface area contributed by atoms with Gasteiger partial charge < -0.3 is 15.4 Å². The van der Waals surface area contributed by atoms with Crippen molar-refractivity contribution in [3.8, 4) is 5.75 Å². The summed E-state index contributed by atoms with van der Waals surface area (Å²) in [6.45, 7) is 5.86. The Morgan fingerprint density at radius 3 is 2.71 bits per heavy atom. The fourth-order valence-electron chi connectivity index (χ4n) is 2.58. The smallest absolute Gasteiger partial charge is 0.224 e. The summed E-state index contributed by atoms with van der Waals surface area (Å²) in [5.41, 5.74) is 3.11. The maximum absolute atomic E-state index is 12.3. The summed E-state index contributed by atoms with van der Waals surface area (Å²) >= 11 is 0. The van der Waals surface area contributed by atoms with Crippen LogP contribution in [0.25, 0.3) is 0 Å². The minimum Gasteiger partial charge on any atom is -0.497 e. The van der Waals surface area contributed by atoms with E-state index in [0.717, 1.165) is 35.7 Å². The van der Waals surface area contributed by atoms with E-state index in [1.165, 1.54) is 0 Å². The number of rotatable bonds is 8. The minimum atomic E-state index is 0.0194. The summed E-state index contributed by atoms with van der Waals surface area (Å²) < 4.78 is 5.24. The zero-order chi connectivity index (χ0) is 17.4. The molecule has 0 bridgehead atoms. The van der Waals surface area contributed by atoms with Gasteiger partial charge in [-0.05, 0) is 47.9 Å². The lowest BCUT2D eigenvalue weighted by atomic mass is 9.97. The number of carbonyl (C=O) groups excluding carboxylic acids is 1. The number of anilines is 1. The second kappa shape index (κ2) is 9.08. The van der Waals surface area contributed by atoms with E-state index < -0.39 is 0 Å². The third-order valence-corrected chi connectivity index (χ3v) is 3.94. The summed E-state index contributed by atoms with van der Waals surface area (Å²) in [5.74, 6) is 0.965. The summed E-state index contributed by atoms with van der Waals surface area (Å²) in [7, 11) is 1.65. The fraction of sp³-hybridized carbons (Fsp3) is 0.350. The number of hydrogen-bond acceptors (Lipinski definition) is 3. The van der Waals surface area contributed by atoms with Crippen molar-refractivity contribution < 1.29 is 9.53 Å². The maximum atomic E-state index is 12.3. The number of methoxy groups -OCH3 is 1. The highest BCUT2D eigenvalue weighted by atomic mass is 16.5. The van der Waals surface area contributed by atoms with Gasteiger partial charge in [0.2, 0.25) is 5.91 Å². The highest BCUT2D eigenvalue weighted by molar-refractivity contribution is 5.91. The van der Waals surface area contributed by atoms with Crippen molar-refractivity contribution >= 4 is 11.6 Å². The van der Waals surface area contributed by atoms with Gasteiger partial charge in [0.25, 0.3) is 0 Å². The van der Waals surface area contributed by atoms with Crippen LogP contribution in [0, 0.1) is 0 Å². The molecule has 1 atom stereocenters. The number of nitrogens with one attached hydrogen (secondary N) is 2. The Kier molecular flexibility index (Phi) is 6.82. The third kappa shape index (κ3) is 5.39. The van der Waals surface area contributed by atoms with Crippen LogP contribution >= 0.6 is 0 Å². The van der Waals surface area contributed by atoms with Crippen LogP contribution in [0.4, 0.5) is 5.69 Å². The van der Waals surface area contributed by atoms with Crippen LogP contribution in [0.15, 0.2) is 48.5 Å². The van der Waals surface area contributed by atoms with Crippen LogP contribution in [-0.4, -0.2) is 19.6 Å². The highest BCUT2D eigenvalue weighted by Gasteiger charge is 2.12. The van der Waals surface area contributed by atoms with Gasteiger partial charge in [-0.25, -0.2) is 0 Å². The predicted octanol–water partition coefficient (Wildman–Crippen LogP) is 3.94. The van der Waals surface area contributed by atoms with Crippen molar-refractivity contribution in [1.29, 1.82) is 0 Å². The first-order valence-electron chi connectivity index (χ1n) is 8.35. The largest absolute Gasteiger partial charge is 0.497 e. The van der Waals surface area contributed by atoms with Crippen LogP contribution in [0.2, 0.25) is 0 Å². The zero-order valence-corrected chi connectivity index (χ0v) is 14.6. The number of ether oxygens (including phenoxy) is 1. The van der Waals surface area contributed by atoms with E-state index in [4.69, 9.17) is 4.74 Å². The molecule has 0 saturated carbocycles. The molecule has 0 radical (unpaired) electrons. The first kappa shape index (κ1) is 18.0. The Bertz CT molecular complexity index is 670. The Labute approximate surface area is 144 Å². The van der Waals surface area contributed by atoms with Crippen molar-refractivity contribution in [2.24, 2.45) is 0 Å². The second-order valence-electron chi connectivity index (χ2n) is 5.91. The van der Waals surface area contributed by atoms with Crippen molar-refractivity contribution in [3.63, 3.8) is 0 Å².